The van der Waals surface area contributed by atoms with E-state index in [0.29, 0.717) is 10.7 Å². The third-order valence-corrected chi connectivity index (χ3v) is 4.56. The van der Waals surface area contributed by atoms with Crippen molar-refractivity contribution < 1.29 is 26.4 Å². The molecule has 1 amide bonds. The first-order chi connectivity index (χ1) is 10.2. The summed E-state index contributed by atoms with van der Waals surface area (Å²) in [4.78, 5) is 10.6. The zero-order chi connectivity index (χ0) is 16.9. The highest BCUT2D eigenvalue weighted by Gasteiger charge is 2.27. The summed E-state index contributed by atoms with van der Waals surface area (Å²) in [7, 11) is -4.20. The molecule has 0 atom stereocenters. The number of amides is 1. The van der Waals surface area contributed by atoms with Crippen LogP contribution in [0.4, 0.5) is 18.9 Å². The second-order valence-electron chi connectivity index (χ2n) is 4.58. The molecule has 0 radical (unpaired) electrons. The second kappa shape index (κ2) is 7.59. The Morgan fingerprint density at radius 2 is 2.00 bits per heavy atom. The van der Waals surface area contributed by atoms with Gasteiger partial charge in [0.1, 0.15) is 5.82 Å². The molecule has 1 N–H and O–H groups in total. The average Bonchev–Trinajstić information content (AvgIpc) is 2.39. The zero-order valence-electron chi connectivity index (χ0n) is 12.1. The van der Waals surface area contributed by atoms with Crippen molar-refractivity contribution in [2.75, 3.05) is 18.4 Å². The van der Waals surface area contributed by atoms with Crippen LogP contribution in [0.15, 0.2) is 23.1 Å². The molecule has 0 aliphatic heterocycles. The predicted octanol–water partition coefficient (Wildman–Crippen LogP) is 2.45. The van der Waals surface area contributed by atoms with Crippen LogP contribution in [0.3, 0.4) is 0 Å². The minimum absolute atomic E-state index is 0.0838. The molecule has 1 rings (SSSR count). The highest BCUT2D eigenvalue weighted by Crippen LogP contribution is 2.23. The average molecular weight is 338 g/mol. The number of alkyl halides is 2. The minimum Gasteiger partial charge on any atom is -0.324 e. The summed E-state index contributed by atoms with van der Waals surface area (Å²) < 4.78 is 64.0. The van der Waals surface area contributed by atoms with Crippen LogP contribution in [0, 0.1) is 5.82 Å². The van der Waals surface area contributed by atoms with Crippen LogP contribution in [0.5, 0.6) is 0 Å². The van der Waals surface area contributed by atoms with Crippen molar-refractivity contribution in [3.05, 3.63) is 24.0 Å². The number of carbonyl (C=O) groups is 1. The van der Waals surface area contributed by atoms with E-state index in [0.717, 1.165) is 25.1 Å². The normalized spacial score (nSPS) is 12.0. The molecule has 0 aliphatic carbocycles. The number of halogens is 3. The quantitative estimate of drug-likeness (QED) is 0.830. The highest BCUT2D eigenvalue weighted by atomic mass is 32.2. The van der Waals surface area contributed by atoms with Gasteiger partial charge in [-0.3, -0.25) is 4.79 Å². The van der Waals surface area contributed by atoms with Crippen LogP contribution in [0.1, 0.15) is 20.3 Å². The minimum atomic E-state index is -4.20. The van der Waals surface area contributed by atoms with Crippen molar-refractivity contribution in [3.63, 3.8) is 0 Å². The first-order valence-electron chi connectivity index (χ1n) is 6.54. The third-order valence-electron chi connectivity index (χ3n) is 2.70. The molecule has 5 nitrogen and oxygen atoms in total. The molecule has 0 spiro atoms. The summed E-state index contributed by atoms with van der Waals surface area (Å²) in [5, 5.41) is 2.15. The molecule has 0 saturated heterocycles. The summed E-state index contributed by atoms with van der Waals surface area (Å²) in [6, 6.07) is 2.76. The molecule has 124 valence electrons. The summed E-state index contributed by atoms with van der Waals surface area (Å²) >= 11 is 0. The summed E-state index contributed by atoms with van der Waals surface area (Å²) in [6.07, 6.45) is -2.47. The number of nitrogens with one attached hydrogen (secondary N) is 1. The molecule has 0 unspecified atom stereocenters. The molecule has 1 aromatic rings. The van der Waals surface area contributed by atoms with Crippen molar-refractivity contribution in [2.45, 2.75) is 31.6 Å². The molecule has 1 aromatic carbocycles. The van der Waals surface area contributed by atoms with Gasteiger partial charge in [-0.2, -0.15) is 4.31 Å². The number of rotatable bonds is 7. The third kappa shape index (κ3) is 4.70. The molecule has 0 heterocycles. The van der Waals surface area contributed by atoms with E-state index < -0.39 is 34.7 Å². The second-order valence-corrected chi connectivity index (χ2v) is 6.51. The molecule has 9 heteroatoms. The largest absolute Gasteiger partial charge is 0.324 e. The Morgan fingerprint density at radius 3 is 2.50 bits per heavy atom. The van der Waals surface area contributed by atoms with Crippen molar-refractivity contribution in [2.24, 2.45) is 0 Å². The number of hydrogen-bond acceptors (Lipinski definition) is 3. The van der Waals surface area contributed by atoms with Crippen molar-refractivity contribution in [1.82, 2.24) is 4.31 Å². The Labute approximate surface area is 127 Å². The maximum Gasteiger partial charge on any atom is 0.252 e. The summed E-state index contributed by atoms with van der Waals surface area (Å²) in [5.41, 5.74) is -0.318. The SMILES string of the molecule is CCCN(CC(F)F)S(=O)(=O)c1ccc(F)c(NC(C)=O)c1. The number of anilines is 1. The van der Waals surface area contributed by atoms with E-state index in [9.17, 15) is 26.4 Å². The first-order valence-corrected chi connectivity index (χ1v) is 7.98. The first kappa shape index (κ1) is 18.4. The number of benzene rings is 1. The smallest absolute Gasteiger partial charge is 0.252 e. The number of hydrogen-bond donors (Lipinski definition) is 1. The Morgan fingerprint density at radius 1 is 1.36 bits per heavy atom. The molecule has 0 saturated carbocycles. The van der Waals surface area contributed by atoms with Crippen LogP contribution in [-0.2, 0) is 14.8 Å². The fourth-order valence-corrected chi connectivity index (χ4v) is 3.35. The van der Waals surface area contributed by atoms with Gasteiger partial charge in [-0.1, -0.05) is 6.92 Å². The molecule has 22 heavy (non-hydrogen) atoms. The Kier molecular flexibility index (Phi) is 6.36. The van der Waals surface area contributed by atoms with Crippen LogP contribution < -0.4 is 5.32 Å². The van der Waals surface area contributed by atoms with Crippen LogP contribution >= 0.6 is 0 Å². The zero-order valence-corrected chi connectivity index (χ0v) is 13.0. The fourth-order valence-electron chi connectivity index (χ4n) is 1.81. The van der Waals surface area contributed by atoms with E-state index in [2.05, 4.69) is 5.32 Å². The molecule has 0 fully saturated rings. The number of nitrogens with zero attached hydrogens (tertiary/aromatic N) is 1. The summed E-state index contributed by atoms with van der Waals surface area (Å²) in [6.45, 7) is 1.77. The highest BCUT2D eigenvalue weighted by molar-refractivity contribution is 7.89. The topological polar surface area (TPSA) is 66.5 Å². The lowest BCUT2D eigenvalue weighted by Crippen LogP contribution is -2.35. The maximum atomic E-state index is 13.5. The van der Waals surface area contributed by atoms with Gasteiger partial charge in [0.15, 0.2) is 0 Å². The number of sulfonamides is 1. The number of carbonyl (C=O) groups excluding carboxylic acids is 1. The van der Waals surface area contributed by atoms with E-state index in [-0.39, 0.29) is 17.1 Å². The van der Waals surface area contributed by atoms with E-state index >= 15 is 0 Å². The van der Waals surface area contributed by atoms with E-state index in [1.807, 2.05) is 0 Å². The van der Waals surface area contributed by atoms with Gasteiger partial charge in [-0.15, -0.1) is 0 Å². The van der Waals surface area contributed by atoms with Crippen LogP contribution in [0.25, 0.3) is 0 Å². The van der Waals surface area contributed by atoms with Gasteiger partial charge in [0.05, 0.1) is 17.1 Å². The monoisotopic (exact) mass is 338 g/mol. The van der Waals surface area contributed by atoms with E-state index in [1.165, 1.54) is 0 Å². The lowest BCUT2D eigenvalue weighted by molar-refractivity contribution is -0.114. The van der Waals surface area contributed by atoms with Crippen molar-refractivity contribution in [3.8, 4) is 0 Å². The van der Waals surface area contributed by atoms with Crippen LogP contribution in [0.2, 0.25) is 0 Å². The van der Waals surface area contributed by atoms with Gasteiger partial charge >= 0.3 is 0 Å². The maximum absolute atomic E-state index is 13.5. The Bertz CT molecular complexity index is 635. The summed E-state index contributed by atoms with van der Waals surface area (Å²) in [5.74, 6) is -1.39. The lowest BCUT2D eigenvalue weighted by Gasteiger charge is -2.21. The molecular formula is C13H17F3N2O3S. The van der Waals surface area contributed by atoms with Gasteiger partial charge in [0.2, 0.25) is 15.9 Å². The molecule has 0 bridgehead atoms. The van der Waals surface area contributed by atoms with Crippen molar-refractivity contribution in [1.29, 1.82) is 0 Å². The lowest BCUT2D eigenvalue weighted by atomic mass is 10.3. The van der Waals surface area contributed by atoms with Gasteiger partial charge in [0.25, 0.3) is 6.43 Å². The Hall–Kier alpha value is -1.61. The Balaban J connectivity index is 3.22. The van der Waals surface area contributed by atoms with Crippen LogP contribution in [-0.4, -0.2) is 38.1 Å². The molecule has 0 aromatic heterocycles. The predicted molar refractivity (Wildman–Crippen MR) is 75.8 cm³/mol. The van der Waals surface area contributed by atoms with E-state index in [4.69, 9.17) is 0 Å². The van der Waals surface area contributed by atoms with Gasteiger partial charge in [0, 0.05) is 13.5 Å². The fraction of sp³-hybridized carbons (Fsp3) is 0.462. The molecule has 0 aliphatic rings. The van der Waals surface area contributed by atoms with Gasteiger partial charge in [-0.25, -0.2) is 21.6 Å². The standard InChI is InChI=1S/C13H17F3N2O3S/c1-3-6-18(8-13(15)16)22(20,21)10-4-5-11(14)12(7-10)17-9(2)19/h4-5,7,13H,3,6,8H2,1-2H3,(H,17,19). The van der Waals surface area contributed by atoms with Crippen molar-refractivity contribution >= 4 is 21.6 Å². The molecular weight excluding hydrogens is 321 g/mol. The van der Waals surface area contributed by atoms with Gasteiger partial charge in [-0.05, 0) is 24.6 Å². The van der Waals surface area contributed by atoms with Gasteiger partial charge < -0.3 is 5.32 Å². The van der Waals surface area contributed by atoms with E-state index in [1.54, 1.807) is 6.92 Å².